The highest BCUT2D eigenvalue weighted by atomic mass is 35.5. The van der Waals surface area contributed by atoms with Gasteiger partial charge in [-0.15, -0.1) is 5.10 Å². The first-order valence-corrected chi connectivity index (χ1v) is 9.66. The van der Waals surface area contributed by atoms with E-state index in [-0.39, 0.29) is 11.4 Å². The van der Waals surface area contributed by atoms with Crippen molar-refractivity contribution < 1.29 is 18.7 Å². The van der Waals surface area contributed by atoms with Crippen LogP contribution in [0.1, 0.15) is 24.4 Å². The van der Waals surface area contributed by atoms with Crippen LogP contribution in [0.3, 0.4) is 0 Å². The number of aromatic nitrogens is 3. The molecular formula is C21H22ClFN4O3. The van der Waals surface area contributed by atoms with Crippen molar-refractivity contribution in [2.45, 2.75) is 25.8 Å². The molecule has 2 N–H and O–H groups in total. The van der Waals surface area contributed by atoms with Gasteiger partial charge in [-0.25, -0.2) is 14.1 Å². The number of hydrogen-bond donors (Lipinski definition) is 1. The normalized spacial score (nSPS) is 11.9. The molecule has 9 heteroatoms. The quantitative estimate of drug-likeness (QED) is 0.587. The second-order valence-electron chi connectivity index (χ2n) is 6.59. The Bertz CT molecular complexity index is 1070. The van der Waals surface area contributed by atoms with Gasteiger partial charge in [-0.1, -0.05) is 24.6 Å². The van der Waals surface area contributed by atoms with Crippen molar-refractivity contribution in [3.8, 4) is 22.9 Å². The Morgan fingerprint density at radius 3 is 2.53 bits per heavy atom. The van der Waals surface area contributed by atoms with Gasteiger partial charge in [0.25, 0.3) is 0 Å². The maximum Gasteiger partial charge on any atom is 0.242 e. The lowest BCUT2D eigenvalue weighted by Gasteiger charge is -2.17. The first-order valence-electron chi connectivity index (χ1n) is 9.29. The summed E-state index contributed by atoms with van der Waals surface area (Å²) in [5.41, 5.74) is 6.97. The molecule has 1 aromatic heterocycles. The lowest BCUT2D eigenvalue weighted by Crippen LogP contribution is -2.30. The molecule has 0 aliphatic heterocycles. The molecule has 0 bridgehead atoms. The molecule has 158 valence electrons. The van der Waals surface area contributed by atoms with Crippen molar-refractivity contribution in [1.82, 2.24) is 14.8 Å². The zero-order valence-corrected chi connectivity index (χ0v) is 17.6. The number of methoxy groups -OCH3 is 2. The van der Waals surface area contributed by atoms with Gasteiger partial charge in [-0.2, -0.15) is 0 Å². The first-order chi connectivity index (χ1) is 14.4. The number of ether oxygens (including phenoxy) is 2. The minimum Gasteiger partial charge on any atom is -0.493 e. The van der Waals surface area contributed by atoms with Gasteiger partial charge in [0.15, 0.2) is 17.3 Å². The molecule has 0 saturated carbocycles. The number of nitrogens with zero attached hydrogens (tertiary/aromatic N) is 3. The summed E-state index contributed by atoms with van der Waals surface area (Å²) in [5, 5.41) is 4.47. The van der Waals surface area contributed by atoms with E-state index in [1.807, 2.05) is 13.0 Å². The van der Waals surface area contributed by atoms with Gasteiger partial charge in [0.1, 0.15) is 17.7 Å². The van der Waals surface area contributed by atoms with Crippen LogP contribution in [0, 0.1) is 5.82 Å². The van der Waals surface area contributed by atoms with Crippen LogP contribution in [-0.4, -0.2) is 34.9 Å². The molecule has 1 heterocycles. The van der Waals surface area contributed by atoms with E-state index in [1.165, 1.54) is 23.9 Å². The van der Waals surface area contributed by atoms with Crippen LogP contribution >= 0.6 is 11.6 Å². The fourth-order valence-electron chi connectivity index (χ4n) is 3.14. The zero-order valence-electron chi connectivity index (χ0n) is 16.9. The smallest absolute Gasteiger partial charge is 0.242 e. The molecule has 1 atom stereocenters. The Morgan fingerprint density at radius 2 is 1.93 bits per heavy atom. The average molecular weight is 433 g/mol. The maximum atomic E-state index is 13.9. The van der Waals surface area contributed by atoms with E-state index in [4.69, 9.17) is 26.8 Å². The molecule has 0 aliphatic rings. The average Bonchev–Trinajstić information content (AvgIpc) is 3.17. The topological polar surface area (TPSA) is 92.3 Å². The summed E-state index contributed by atoms with van der Waals surface area (Å²) in [6.45, 7) is 1.89. The second-order valence-corrected chi connectivity index (χ2v) is 7.00. The molecule has 30 heavy (non-hydrogen) atoms. The molecule has 0 fully saturated rings. The van der Waals surface area contributed by atoms with Crippen LogP contribution in [0.25, 0.3) is 11.4 Å². The van der Waals surface area contributed by atoms with Gasteiger partial charge >= 0.3 is 0 Å². The summed E-state index contributed by atoms with van der Waals surface area (Å²) in [6, 6.07) is 8.91. The van der Waals surface area contributed by atoms with Crippen LogP contribution in [0.15, 0.2) is 36.4 Å². The summed E-state index contributed by atoms with van der Waals surface area (Å²) in [4.78, 5) is 16.8. The van der Waals surface area contributed by atoms with Crippen molar-refractivity contribution in [2.24, 2.45) is 5.73 Å². The highest BCUT2D eigenvalue weighted by Gasteiger charge is 2.24. The number of hydrogen-bond acceptors (Lipinski definition) is 5. The third-order valence-electron chi connectivity index (χ3n) is 4.70. The van der Waals surface area contributed by atoms with Crippen molar-refractivity contribution in [2.75, 3.05) is 14.2 Å². The third kappa shape index (κ3) is 4.38. The zero-order chi connectivity index (χ0) is 21.8. The number of halogens is 2. The number of rotatable bonds is 8. The molecule has 0 radical (unpaired) electrons. The fourth-order valence-corrected chi connectivity index (χ4v) is 3.26. The Labute approximate surface area is 178 Å². The molecule has 3 aromatic rings. The minimum atomic E-state index is -0.781. The van der Waals surface area contributed by atoms with Crippen molar-refractivity contribution in [3.05, 3.63) is 58.6 Å². The summed E-state index contributed by atoms with van der Waals surface area (Å²) in [7, 11) is 3.09. The number of carbonyl (C=O) groups is 1. The van der Waals surface area contributed by atoms with Crippen molar-refractivity contribution in [3.63, 3.8) is 0 Å². The van der Waals surface area contributed by atoms with Crippen LogP contribution in [-0.2, 0) is 17.6 Å². The molecule has 1 unspecified atom stereocenters. The van der Waals surface area contributed by atoms with Gasteiger partial charge in [-0.3, -0.25) is 4.79 Å². The van der Waals surface area contributed by atoms with Crippen molar-refractivity contribution >= 4 is 17.5 Å². The third-order valence-corrected chi connectivity index (χ3v) is 5.00. The van der Waals surface area contributed by atoms with E-state index in [0.717, 1.165) is 5.56 Å². The molecule has 0 saturated heterocycles. The minimum absolute atomic E-state index is 0.0114. The molecule has 0 spiro atoms. The lowest BCUT2D eigenvalue weighted by atomic mass is 10.0. The van der Waals surface area contributed by atoms with E-state index < -0.39 is 17.8 Å². The lowest BCUT2D eigenvalue weighted by molar-refractivity contribution is -0.121. The second kappa shape index (κ2) is 9.13. The largest absolute Gasteiger partial charge is 0.493 e. The Hall–Kier alpha value is -3.13. The predicted octanol–water partition coefficient (Wildman–Crippen LogP) is 3.59. The van der Waals surface area contributed by atoms with E-state index >= 15 is 0 Å². The van der Waals surface area contributed by atoms with E-state index in [9.17, 15) is 9.18 Å². The molecule has 2 aromatic carbocycles. The van der Waals surface area contributed by atoms with E-state index in [1.54, 1.807) is 25.3 Å². The predicted molar refractivity (Wildman–Crippen MR) is 111 cm³/mol. The van der Waals surface area contributed by atoms with Gasteiger partial charge in [0.05, 0.1) is 19.2 Å². The van der Waals surface area contributed by atoms with Gasteiger partial charge in [0.2, 0.25) is 5.91 Å². The number of amides is 1. The molecule has 0 aliphatic carbocycles. The summed E-state index contributed by atoms with van der Waals surface area (Å²) in [5.74, 6) is 0.855. The maximum absolute atomic E-state index is 13.9. The molecule has 1 amide bonds. The molecule has 3 rings (SSSR count). The summed E-state index contributed by atoms with van der Waals surface area (Å²) in [6.07, 6.45) is 0.791. The van der Waals surface area contributed by atoms with Crippen LogP contribution in [0.5, 0.6) is 11.5 Å². The summed E-state index contributed by atoms with van der Waals surface area (Å²) >= 11 is 5.76. The van der Waals surface area contributed by atoms with E-state index in [0.29, 0.717) is 35.1 Å². The van der Waals surface area contributed by atoms with Gasteiger partial charge in [0, 0.05) is 18.4 Å². The number of carbonyl (C=O) groups excluding carboxylic acids is 1. The highest BCUT2D eigenvalue weighted by molar-refractivity contribution is 6.30. The van der Waals surface area contributed by atoms with Crippen LogP contribution in [0.2, 0.25) is 5.02 Å². The standard InChI is InChI=1S/C21H22ClFN4O3/c1-4-19-25-21(13-6-7-14(22)15(23)11-13)26-27(19)16(20(24)28)9-12-5-8-17(29-2)18(10-12)30-3/h5-8,10-11,16H,4,9H2,1-3H3,(H2,24,28). The van der Waals surface area contributed by atoms with Gasteiger partial charge < -0.3 is 15.2 Å². The van der Waals surface area contributed by atoms with Gasteiger partial charge in [-0.05, 0) is 35.9 Å². The molecular weight excluding hydrogens is 411 g/mol. The monoisotopic (exact) mass is 432 g/mol. The Kier molecular flexibility index (Phi) is 6.56. The number of benzene rings is 2. The summed E-state index contributed by atoms with van der Waals surface area (Å²) < 4.78 is 26.0. The van der Waals surface area contributed by atoms with E-state index in [2.05, 4.69) is 10.1 Å². The number of nitrogens with two attached hydrogens (primary N) is 1. The van der Waals surface area contributed by atoms with Crippen molar-refractivity contribution in [1.29, 1.82) is 0 Å². The number of aryl methyl sites for hydroxylation is 1. The Balaban J connectivity index is 1.99. The number of primary amides is 1. The fraction of sp³-hybridized carbons (Fsp3) is 0.286. The molecule has 7 nitrogen and oxygen atoms in total. The van der Waals surface area contributed by atoms with Crippen LogP contribution < -0.4 is 15.2 Å². The first kappa shape index (κ1) is 21.6. The Morgan fingerprint density at radius 1 is 1.20 bits per heavy atom. The highest BCUT2D eigenvalue weighted by Crippen LogP contribution is 2.30. The van der Waals surface area contributed by atoms with Crippen LogP contribution in [0.4, 0.5) is 4.39 Å². The SMILES string of the molecule is CCc1nc(-c2ccc(Cl)c(F)c2)nn1C(Cc1ccc(OC)c(OC)c1)C(N)=O.